The number of carbonyl (C=O) groups excluding carboxylic acids is 1. The first-order valence-electron chi connectivity index (χ1n) is 9.16. The van der Waals surface area contributed by atoms with Crippen molar-refractivity contribution in [2.45, 2.75) is 65.9 Å². The van der Waals surface area contributed by atoms with Crippen molar-refractivity contribution < 1.29 is 14.3 Å². The Morgan fingerprint density at radius 2 is 1.96 bits per heavy atom. The van der Waals surface area contributed by atoms with Crippen molar-refractivity contribution in [1.82, 2.24) is 14.9 Å². The molecule has 1 aliphatic heterocycles. The fourth-order valence-electron chi connectivity index (χ4n) is 3.09. The molecule has 2 rings (SSSR count). The van der Waals surface area contributed by atoms with Gasteiger partial charge in [-0.05, 0) is 72.3 Å². The van der Waals surface area contributed by atoms with E-state index in [-0.39, 0.29) is 6.09 Å². The average Bonchev–Trinajstić information content (AvgIpc) is 2.49. The molecule has 1 saturated heterocycles. The Bertz CT molecular complexity index is 564. The first-order valence-corrected chi connectivity index (χ1v) is 9.16. The van der Waals surface area contributed by atoms with E-state index in [4.69, 9.17) is 9.47 Å². The number of ether oxygens (including phenoxy) is 2. The van der Waals surface area contributed by atoms with Crippen LogP contribution in [-0.4, -0.2) is 46.3 Å². The van der Waals surface area contributed by atoms with Gasteiger partial charge in [-0.3, -0.25) is 0 Å². The van der Waals surface area contributed by atoms with Gasteiger partial charge in [0.1, 0.15) is 5.60 Å². The summed E-state index contributed by atoms with van der Waals surface area (Å²) >= 11 is 0. The quantitative estimate of drug-likeness (QED) is 0.754. The van der Waals surface area contributed by atoms with Crippen LogP contribution < -0.4 is 4.74 Å². The smallest absolute Gasteiger partial charge is 0.410 e. The van der Waals surface area contributed by atoms with Gasteiger partial charge in [-0.25, -0.2) is 14.8 Å². The third-order valence-corrected chi connectivity index (χ3v) is 4.12. The van der Waals surface area contributed by atoms with Crippen molar-refractivity contribution in [3.8, 4) is 6.01 Å². The summed E-state index contributed by atoms with van der Waals surface area (Å²) in [5.74, 6) is 0.505. The number of rotatable bonds is 5. The molecule has 1 fully saturated rings. The van der Waals surface area contributed by atoms with Gasteiger partial charge in [0.05, 0.1) is 6.61 Å². The van der Waals surface area contributed by atoms with Crippen molar-refractivity contribution in [3.05, 3.63) is 17.5 Å². The van der Waals surface area contributed by atoms with E-state index in [1.54, 1.807) is 0 Å². The zero-order valence-electron chi connectivity index (χ0n) is 16.2. The molecule has 0 aliphatic carbocycles. The van der Waals surface area contributed by atoms with E-state index in [2.05, 4.69) is 9.97 Å². The molecular weight excluding hydrogens is 318 g/mol. The Morgan fingerprint density at radius 3 is 2.60 bits per heavy atom. The Balaban J connectivity index is 1.72. The summed E-state index contributed by atoms with van der Waals surface area (Å²) in [6, 6.07) is 2.39. The fraction of sp³-hybridized carbons (Fsp3) is 0.737. The molecule has 25 heavy (non-hydrogen) atoms. The van der Waals surface area contributed by atoms with Gasteiger partial charge < -0.3 is 14.4 Å². The van der Waals surface area contributed by atoms with Crippen LogP contribution in [0.4, 0.5) is 4.79 Å². The minimum absolute atomic E-state index is 0.197. The van der Waals surface area contributed by atoms with Crippen molar-refractivity contribution >= 4 is 6.09 Å². The van der Waals surface area contributed by atoms with Crippen LogP contribution in [0, 0.1) is 19.8 Å². The summed E-state index contributed by atoms with van der Waals surface area (Å²) in [5, 5.41) is 0. The summed E-state index contributed by atoms with van der Waals surface area (Å²) in [6.45, 7) is 11.7. The summed E-state index contributed by atoms with van der Waals surface area (Å²) in [5.41, 5.74) is 1.40. The standard InChI is InChI=1S/C19H31N3O3/c1-14-12-15(2)21-17(20-14)24-11-7-9-16-8-6-10-22(13-16)18(23)25-19(3,4)5/h12,16H,6-11,13H2,1-5H3. The molecule has 1 aliphatic rings. The first-order chi connectivity index (χ1) is 11.7. The van der Waals surface area contributed by atoms with Crippen molar-refractivity contribution in [2.75, 3.05) is 19.7 Å². The number of aromatic nitrogens is 2. The molecule has 6 heteroatoms. The van der Waals surface area contributed by atoms with Gasteiger partial charge in [0.15, 0.2) is 0 Å². The highest BCUT2D eigenvalue weighted by Gasteiger charge is 2.27. The molecule has 0 bridgehead atoms. The maximum absolute atomic E-state index is 12.2. The Hall–Kier alpha value is -1.85. The number of likely N-dealkylation sites (tertiary alicyclic amines) is 1. The SMILES string of the molecule is Cc1cc(C)nc(OCCCC2CCCN(C(=O)OC(C)(C)C)C2)n1. The van der Waals surface area contributed by atoms with Gasteiger partial charge in [-0.2, -0.15) is 0 Å². The molecular formula is C19H31N3O3. The maximum atomic E-state index is 12.2. The van der Waals surface area contributed by atoms with E-state index in [1.807, 2.05) is 45.6 Å². The fourth-order valence-corrected chi connectivity index (χ4v) is 3.09. The second-order valence-electron chi connectivity index (χ2n) is 7.86. The average molecular weight is 349 g/mol. The summed E-state index contributed by atoms with van der Waals surface area (Å²) in [6.07, 6.45) is 3.95. The molecule has 0 aromatic carbocycles. The van der Waals surface area contributed by atoms with Crippen LogP contribution in [0.25, 0.3) is 0 Å². The molecule has 2 heterocycles. The van der Waals surface area contributed by atoms with Crippen LogP contribution in [0.5, 0.6) is 6.01 Å². The van der Waals surface area contributed by atoms with Crippen LogP contribution in [0.1, 0.15) is 57.8 Å². The molecule has 1 atom stereocenters. The molecule has 140 valence electrons. The number of piperidine rings is 1. The lowest BCUT2D eigenvalue weighted by atomic mass is 9.94. The third-order valence-electron chi connectivity index (χ3n) is 4.12. The Morgan fingerprint density at radius 1 is 1.28 bits per heavy atom. The van der Waals surface area contributed by atoms with Crippen molar-refractivity contribution in [1.29, 1.82) is 0 Å². The molecule has 1 aromatic heterocycles. The summed E-state index contributed by atoms with van der Waals surface area (Å²) in [7, 11) is 0. The largest absolute Gasteiger partial charge is 0.463 e. The molecule has 1 amide bonds. The highest BCUT2D eigenvalue weighted by Crippen LogP contribution is 2.23. The predicted octanol–water partition coefficient (Wildman–Crippen LogP) is 3.90. The topological polar surface area (TPSA) is 64.5 Å². The molecule has 0 spiro atoms. The van der Waals surface area contributed by atoms with Crippen LogP contribution in [0.15, 0.2) is 6.07 Å². The predicted molar refractivity (Wildman–Crippen MR) is 96.8 cm³/mol. The van der Waals surface area contributed by atoms with Gasteiger partial charge in [0.2, 0.25) is 0 Å². The number of hydrogen-bond acceptors (Lipinski definition) is 5. The molecule has 1 aromatic rings. The van der Waals surface area contributed by atoms with E-state index in [9.17, 15) is 4.79 Å². The number of amides is 1. The maximum Gasteiger partial charge on any atom is 0.410 e. The van der Waals surface area contributed by atoms with Gasteiger partial charge in [-0.15, -0.1) is 0 Å². The van der Waals surface area contributed by atoms with E-state index >= 15 is 0 Å². The van der Waals surface area contributed by atoms with E-state index in [0.717, 1.165) is 50.2 Å². The lowest BCUT2D eigenvalue weighted by Crippen LogP contribution is -2.42. The van der Waals surface area contributed by atoms with Gasteiger partial charge in [0, 0.05) is 24.5 Å². The lowest BCUT2D eigenvalue weighted by Gasteiger charge is -2.34. The van der Waals surface area contributed by atoms with E-state index in [0.29, 0.717) is 18.5 Å². The van der Waals surface area contributed by atoms with E-state index in [1.165, 1.54) is 0 Å². The molecule has 1 unspecified atom stereocenters. The Labute approximate surface area is 150 Å². The zero-order valence-corrected chi connectivity index (χ0v) is 16.2. The van der Waals surface area contributed by atoms with Crippen LogP contribution in [0.3, 0.4) is 0 Å². The highest BCUT2D eigenvalue weighted by atomic mass is 16.6. The van der Waals surface area contributed by atoms with Crippen LogP contribution in [-0.2, 0) is 4.74 Å². The minimum atomic E-state index is -0.441. The summed E-state index contributed by atoms with van der Waals surface area (Å²) in [4.78, 5) is 22.6. The van der Waals surface area contributed by atoms with E-state index < -0.39 is 5.60 Å². The minimum Gasteiger partial charge on any atom is -0.463 e. The third kappa shape index (κ3) is 6.88. The lowest BCUT2D eigenvalue weighted by molar-refractivity contribution is 0.0159. The number of aryl methyl sites for hydroxylation is 2. The van der Waals surface area contributed by atoms with Gasteiger partial charge >= 0.3 is 12.1 Å². The second-order valence-corrected chi connectivity index (χ2v) is 7.86. The Kier molecular flexibility index (Phi) is 6.62. The molecule has 0 saturated carbocycles. The molecule has 0 N–H and O–H groups in total. The zero-order chi connectivity index (χ0) is 18.4. The number of carbonyl (C=O) groups is 1. The number of hydrogen-bond donors (Lipinski definition) is 0. The second kappa shape index (κ2) is 8.50. The monoisotopic (exact) mass is 349 g/mol. The number of nitrogens with zero attached hydrogens (tertiary/aromatic N) is 3. The summed E-state index contributed by atoms with van der Waals surface area (Å²) < 4.78 is 11.1. The first kappa shape index (κ1) is 19.5. The normalized spacial score (nSPS) is 18.1. The molecule has 0 radical (unpaired) electrons. The van der Waals surface area contributed by atoms with Gasteiger partial charge in [0.25, 0.3) is 0 Å². The van der Waals surface area contributed by atoms with Crippen LogP contribution in [0.2, 0.25) is 0 Å². The van der Waals surface area contributed by atoms with Crippen molar-refractivity contribution in [2.24, 2.45) is 5.92 Å². The highest BCUT2D eigenvalue weighted by molar-refractivity contribution is 5.68. The van der Waals surface area contributed by atoms with Crippen molar-refractivity contribution in [3.63, 3.8) is 0 Å². The van der Waals surface area contributed by atoms with Gasteiger partial charge in [-0.1, -0.05) is 0 Å². The van der Waals surface area contributed by atoms with Crippen LogP contribution >= 0.6 is 0 Å². The molecule has 6 nitrogen and oxygen atoms in total.